The number of rotatable bonds is 7. The molecule has 0 saturated heterocycles. The van der Waals surface area contributed by atoms with Gasteiger partial charge in [0.2, 0.25) is 11.8 Å². The van der Waals surface area contributed by atoms with Crippen molar-refractivity contribution in [3.63, 3.8) is 0 Å². The summed E-state index contributed by atoms with van der Waals surface area (Å²) >= 11 is 3.02. The zero-order valence-corrected chi connectivity index (χ0v) is 16.6. The number of hydrogen-bond acceptors (Lipinski definition) is 6. The maximum atomic E-state index is 12.3. The van der Waals surface area contributed by atoms with Gasteiger partial charge in [-0.15, -0.1) is 22.7 Å². The van der Waals surface area contributed by atoms with Gasteiger partial charge in [0.1, 0.15) is 0 Å². The topological polar surface area (TPSA) is 97.1 Å². The monoisotopic (exact) mass is 380 g/mol. The lowest BCUT2D eigenvalue weighted by Crippen LogP contribution is -2.48. The molecule has 2 amide bonds. The molecule has 8 heteroatoms. The van der Waals surface area contributed by atoms with Crippen molar-refractivity contribution in [2.45, 2.75) is 52.6 Å². The van der Waals surface area contributed by atoms with Gasteiger partial charge in [0.05, 0.1) is 22.7 Å². The van der Waals surface area contributed by atoms with E-state index in [1.54, 1.807) is 18.3 Å². The van der Waals surface area contributed by atoms with Crippen molar-refractivity contribution < 1.29 is 9.59 Å². The number of anilines is 1. The van der Waals surface area contributed by atoms with E-state index in [2.05, 4.69) is 15.6 Å². The van der Waals surface area contributed by atoms with Crippen molar-refractivity contribution in [3.05, 3.63) is 21.9 Å². The molecule has 0 radical (unpaired) electrons. The quantitative estimate of drug-likeness (QED) is 0.687. The summed E-state index contributed by atoms with van der Waals surface area (Å²) in [7, 11) is 0. The largest absolute Gasteiger partial charge is 0.351 e. The molecule has 2 aromatic heterocycles. The average molecular weight is 381 g/mol. The van der Waals surface area contributed by atoms with Crippen LogP contribution >= 0.6 is 22.7 Å². The molecule has 0 aliphatic carbocycles. The normalized spacial score (nSPS) is 13.3. The van der Waals surface area contributed by atoms with Crippen LogP contribution in [0.25, 0.3) is 10.6 Å². The molecule has 2 rings (SSSR count). The minimum atomic E-state index is -0.900. The van der Waals surface area contributed by atoms with Crippen LogP contribution in [0.3, 0.4) is 0 Å². The smallest absolute Gasteiger partial charge is 0.245 e. The number of aromatic nitrogens is 1. The second-order valence-corrected chi connectivity index (χ2v) is 8.59. The molecular weight excluding hydrogens is 356 g/mol. The molecule has 0 spiro atoms. The summed E-state index contributed by atoms with van der Waals surface area (Å²) in [6.45, 7) is 7.72. The molecule has 6 nitrogen and oxygen atoms in total. The third-order valence-electron chi connectivity index (χ3n) is 3.71. The number of aryl methyl sites for hydroxylation is 1. The molecule has 4 N–H and O–H groups in total. The first-order valence-corrected chi connectivity index (χ1v) is 9.77. The van der Waals surface area contributed by atoms with E-state index in [4.69, 9.17) is 5.73 Å². The summed E-state index contributed by atoms with van der Waals surface area (Å²) in [5, 5.41) is 6.18. The van der Waals surface area contributed by atoms with Crippen LogP contribution in [0.2, 0.25) is 0 Å². The molecule has 0 aromatic carbocycles. The van der Waals surface area contributed by atoms with Crippen molar-refractivity contribution in [2.75, 3.05) is 5.32 Å². The fourth-order valence-corrected chi connectivity index (χ4v) is 4.24. The third kappa shape index (κ3) is 5.10. The van der Waals surface area contributed by atoms with Crippen LogP contribution in [-0.4, -0.2) is 22.3 Å². The maximum absolute atomic E-state index is 12.3. The molecule has 0 fully saturated rings. The van der Waals surface area contributed by atoms with Gasteiger partial charge in [-0.3, -0.25) is 9.59 Å². The summed E-state index contributed by atoms with van der Waals surface area (Å²) in [5.41, 5.74) is 6.02. The highest BCUT2D eigenvalue weighted by Crippen LogP contribution is 2.35. The van der Waals surface area contributed by atoms with Crippen LogP contribution in [-0.2, 0) is 16.1 Å². The molecule has 0 aliphatic rings. The second-order valence-electron chi connectivity index (χ2n) is 6.22. The molecule has 0 saturated carbocycles. The van der Waals surface area contributed by atoms with Gasteiger partial charge in [0, 0.05) is 16.7 Å². The maximum Gasteiger partial charge on any atom is 0.245 e. The van der Waals surface area contributed by atoms with E-state index >= 15 is 0 Å². The van der Waals surface area contributed by atoms with Crippen LogP contribution in [0.15, 0.2) is 12.1 Å². The standard InChI is InChI=1S/C17H24N4O2S2/c1-5-8-17(4,18)15(23)21-16-20-14(10(2)24-16)13-7-6-12(25-13)9-19-11(3)22/h6-7H,5,8-9,18H2,1-4H3,(H,19,22)(H,20,21,23). The Morgan fingerprint density at radius 2 is 2.04 bits per heavy atom. The van der Waals surface area contributed by atoms with Gasteiger partial charge in [-0.05, 0) is 32.4 Å². The van der Waals surface area contributed by atoms with Crippen molar-refractivity contribution in [3.8, 4) is 10.6 Å². The Hall–Kier alpha value is -1.77. The summed E-state index contributed by atoms with van der Waals surface area (Å²) in [6.07, 6.45) is 1.46. The van der Waals surface area contributed by atoms with Gasteiger partial charge < -0.3 is 16.4 Å². The highest BCUT2D eigenvalue weighted by atomic mass is 32.1. The molecule has 1 atom stereocenters. The summed E-state index contributed by atoms with van der Waals surface area (Å²) < 4.78 is 0. The summed E-state index contributed by atoms with van der Waals surface area (Å²) in [5.74, 6) is -0.270. The van der Waals surface area contributed by atoms with E-state index in [-0.39, 0.29) is 11.8 Å². The average Bonchev–Trinajstić information content (AvgIpc) is 3.11. The number of carbonyl (C=O) groups excluding carboxylic acids is 2. The number of hydrogen-bond donors (Lipinski definition) is 3. The highest BCUT2D eigenvalue weighted by molar-refractivity contribution is 7.18. The third-order valence-corrected chi connectivity index (χ3v) is 5.69. The van der Waals surface area contributed by atoms with Crippen molar-refractivity contribution in [1.29, 1.82) is 0 Å². The first-order chi connectivity index (χ1) is 11.7. The number of thiophene rings is 1. The predicted molar refractivity (Wildman–Crippen MR) is 104 cm³/mol. The van der Waals surface area contributed by atoms with E-state index in [0.29, 0.717) is 18.1 Å². The lowest BCUT2D eigenvalue weighted by Gasteiger charge is -2.21. The first-order valence-electron chi connectivity index (χ1n) is 8.14. The van der Waals surface area contributed by atoms with Crippen molar-refractivity contribution >= 4 is 39.6 Å². The molecular formula is C17H24N4O2S2. The number of nitrogens with zero attached hydrogens (tertiary/aromatic N) is 1. The predicted octanol–water partition coefficient (Wildman–Crippen LogP) is 3.27. The van der Waals surface area contributed by atoms with E-state index in [9.17, 15) is 9.59 Å². The van der Waals surface area contributed by atoms with Gasteiger partial charge in [-0.1, -0.05) is 13.3 Å². The van der Waals surface area contributed by atoms with E-state index in [1.165, 1.54) is 18.3 Å². The number of nitrogens with one attached hydrogen (secondary N) is 2. The lowest BCUT2D eigenvalue weighted by molar-refractivity contribution is -0.121. The number of amides is 2. The zero-order valence-electron chi connectivity index (χ0n) is 14.9. The van der Waals surface area contributed by atoms with Crippen LogP contribution in [0.1, 0.15) is 43.4 Å². The molecule has 0 aliphatic heterocycles. The summed E-state index contributed by atoms with van der Waals surface area (Å²) in [6, 6.07) is 3.96. The van der Waals surface area contributed by atoms with E-state index in [0.717, 1.165) is 26.7 Å². The van der Waals surface area contributed by atoms with Gasteiger partial charge >= 0.3 is 0 Å². The molecule has 25 heavy (non-hydrogen) atoms. The van der Waals surface area contributed by atoms with Crippen LogP contribution in [0.4, 0.5) is 5.13 Å². The fraction of sp³-hybridized carbons (Fsp3) is 0.471. The summed E-state index contributed by atoms with van der Waals surface area (Å²) in [4.78, 5) is 31.0. The molecule has 0 bridgehead atoms. The lowest BCUT2D eigenvalue weighted by atomic mass is 9.97. The van der Waals surface area contributed by atoms with Crippen LogP contribution in [0, 0.1) is 6.92 Å². The molecule has 2 aromatic rings. The van der Waals surface area contributed by atoms with Crippen LogP contribution < -0.4 is 16.4 Å². The number of carbonyl (C=O) groups is 2. The Labute approximate surface area is 155 Å². The SMILES string of the molecule is CCCC(C)(N)C(=O)Nc1nc(-c2ccc(CNC(C)=O)s2)c(C)s1. The number of nitrogens with two attached hydrogens (primary N) is 1. The first kappa shape index (κ1) is 19.6. The Morgan fingerprint density at radius 1 is 1.32 bits per heavy atom. The van der Waals surface area contributed by atoms with Gasteiger partial charge in [0.25, 0.3) is 0 Å². The van der Waals surface area contributed by atoms with Crippen molar-refractivity contribution in [2.24, 2.45) is 5.73 Å². The second kappa shape index (κ2) is 8.07. The molecule has 2 heterocycles. The van der Waals surface area contributed by atoms with Crippen LogP contribution in [0.5, 0.6) is 0 Å². The van der Waals surface area contributed by atoms with E-state index < -0.39 is 5.54 Å². The number of thiazole rings is 1. The minimum absolute atomic E-state index is 0.0540. The van der Waals surface area contributed by atoms with E-state index in [1.807, 2.05) is 26.0 Å². The Morgan fingerprint density at radius 3 is 2.68 bits per heavy atom. The van der Waals surface area contributed by atoms with Gasteiger partial charge in [0.15, 0.2) is 5.13 Å². The Kier molecular flexibility index (Phi) is 6.31. The van der Waals surface area contributed by atoms with Crippen molar-refractivity contribution in [1.82, 2.24) is 10.3 Å². The highest BCUT2D eigenvalue weighted by Gasteiger charge is 2.28. The Bertz CT molecular complexity index is 765. The zero-order chi connectivity index (χ0) is 18.6. The molecule has 1 unspecified atom stereocenters. The van der Waals surface area contributed by atoms with Gasteiger partial charge in [-0.25, -0.2) is 4.98 Å². The fourth-order valence-electron chi connectivity index (χ4n) is 2.36. The molecule has 136 valence electrons. The Balaban J connectivity index is 2.12. The minimum Gasteiger partial charge on any atom is -0.351 e. The van der Waals surface area contributed by atoms with Gasteiger partial charge in [-0.2, -0.15) is 0 Å².